The van der Waals surface area contributed by atoms with Crippen LogP contribution in [0.15, 0.2) is 47.6 Å². The number of nitrogens with zero attached hydrogens (tertiary/aromatic N) is 3. The summed E-state index contributed by atoms with van der Waals surface area (Å²) < 4.78 is 134. The number of carbonyl (C=O) groups excluding carboxylic acids is 1. The molecule has 0 spiro atoms. The first kappa shape index (κ1) is 27.8. The van der Waals surface area contributed by atoms with E-state index in [-0.39, 0.29) is 36.3 Å². The smallest absolute Gasteiger partial charge is 0.337 e. The van der Waals surface area contributed by atoms with Crippen LogP contribution in [0.1, 0.15) is 47.3 Å². The van der Waals surface area contributed by atoms with Crippen LogP contribution in [0.3, 0.4) is 0 Å². The quantitative estimate of drug-likeness (QED) is 0.380. The Balaban J connectivity index is 1.51. The topological polar surface area (TPSA) is 71.8 Å². The van der Waals surface area contributed by atoms with Gasteiger partial charge in [-0.3, -0.25) is 4.79 Å². The van der Waals surface area contributed by atoms with Crippen molar-refractivity contribution in [3.63, 3.8) is 0 Å². The monoisotopic (exact) mass is 569 g/mol. The van der Waals surface area contributed by atoms with E-state index in [1.54, 1.807) is 0 Å². The molecule has 206 valence electrons. The summed E-state index contributed by atoms with van der Waals surface area (Å²) in [7, 11) is -3.71. The number of carbonyl (C=O) groups is 1. The van der Waals surface area contributed by atoms with E-state index in [2.05, 4.69) is 4.98 Å². The molecule has 1 saturated carbocycles. The highest BCUT2D eigenvalue weighted by molar-refractivity contribution is 7.92. The minimum atomic E-state index is -5.05. The number of pyridine rings is 1. The predicted octanol–water partition coefficient (Wildman–Crippen LogP) is 5.67. The number of sulfone groups is 1. The Morgan fingerprint density at radius 1 is 1.00 bits per heavy atom. The van der Waals surface area contributed by atoms with E-state index in [0.717, 1.165) is 33.8 Å². The molecule has 0 radical (unpaired) electrons. The summed E-state index contributed by atoms with van der Waals surface area (Å²) in [6, 6.07) is 1.79. The van der Waals surface area contributed by atoms with Crippen molar-refractivity contribution in [1.82, 2.24) is 14.3 Å². The molecule has 0 unspecified atom stereocenters. The first-order chi connectivity index (χ1) is 17.4. The van der Waals surface area contributed by atoms with Gasteiger partial charge in [-0.1, -0.05) is 0 Å². The third-order valence-corrected chi connectivity index (χ3v) is 8.79. The fraction of sp³-hybridized carbons (Fsp3) is 0.391. The van der Waals surface area contributed by atoms with Crippen LogP contribution in [0.25, 0.3) is 5.65 Å². The molecule has 15 heteroatoms. The highest BCUT2D eigenvalue weighted by atomic mass is 32.2. The first-order valence-electron chi connectivity index (χ1n) is 11.1. The second-order valence-electron chi connectivity index (χ2n) is 9.01. The standard InChI is InChI=1S/C23H19F8N3O3S/c1-33(20(35)18-12-34-11-13(22(26,27)28)2-3-19(34)32-18)16-4-6-21(25,7-5-16)38(36,37)17-9-14(23(29,30)31)8-15(24)10-17/h2-3,8-12,16H,4-7H2,1H3/t16-,21+. The molecule has 6 nitrogen and oxygen atoms in total. The van der Waals surface area contributed by atoms with Gasteiger partial charge in [-0.2, -0.15) is 26.3 Å². The Hall–Kier alpha value is -3.23. The molecule has 1 aromatic carbocycles. The van der Waals surface area contributed by atoms with Crippen molar-refractivity contribution in [2.45, 2.75) is 54.0 Å². The number of aromatic nitrogens is 2. The zero-order valence-corrected chi connectivity index (χ0v) is 20.3. The maximum Gasteiger partial charge on any atom is 0.417 e. The van der Waals surface area contributed by atoms with Gasteiger partial charge >= 0.3 is 12.4 Å². The van der Waals surface area contributed by atoms with Crippen molar-refractivity contribution in [1.29, 1.82) is 0 Å². The molecule has 0 aliphatic heterocycles. The van der Waals surface area contributed by atoms with Crippen LogP contribution in [-0.4, -0.2) is 46.7 Å². The summed E-state index contributed by atoms with van der Waals surface area (Å²) in [6.07, 6.45) is -9.58. The number of fused-ring (bicyclic) bond motifs is 1. The zero-order valence-electron chi connectivity index (χ0n) is 19.4. The number of hydrogen-bond donors (Lipinski definition) is 0. The molecular weight excluding hydrogens is 550 g/mol. The molecule has 1 amide bonds. The SMILES string of the molecule is CN(C(=O)c1cn2cc(C(F)(F)F)ccc2n1)[C@H]1CC[C@@](F)(S(=O)(=O)c2cc(F)cc(C(F)(F)F)c2)CC1. The van der Waals surface area contributed by atoms with Gasteiger partial charge in [0.25, 0.3) is 5.91 Å². The fourth-order valence-corrected chi connectivity index (χ4v) is 6.14. The third kappa shape index (κ3) is 5.07. The molecule has 1 aliphatic rings. The van der Waals surface area contributed by atoms with Gasteiger partial charge in [0.1, 0.15) is 17.2 Å². The average molecular weight is 569 g/mol. The van der Waals surface area contributed by atoms with Gasteiger partial charge in [-0.05, 0) is 56.0 Å². The molecule has 1 fully saturated rings. The molecule has 3 aromatic rings. The molecule has 0 bridgehead atoms. The molecule has 0 atom stereocenters. The Labute approximate surface area is 210 Å². The van der Waals surface area contributed by atoms with Crippen LogP contribution in [0.2, 0.25) is 0 Å². The van der Waals surface area contributed by atoms with Crippen molar-refractivity contribution in [3.8, 4) is 0 Å². The van der Waals surface area contributed by atoms with Crippen molar-refractivity contribution in [2.24, 2.45) is 0 Å². The van der Waals surface area contributed by atoms with Gasteiger partial charge in [0.2, 0.25) is 14.8 Å². The van der Waals surface area contributed by atoms with Gasteiger partial charge in [0.05, 0.1) is 16.0 Å². The molecule has 2 heterocycles. The van der Waals surface area contributed by atoms with E-state index >= 15 is 4.39 Å². The molecule has 0 saturated heterocycles. The van der Waals surface area contributed by atoms with E-state index in [0.29, 0.717) is 6.07 Å². The van der Waals surface area contributed by atoms with Gasteiger partial charge in [-0.15, -0.1) is 0 Å². The molecule has 1 aliphatic carbocycles. The van der Waals surface area contributed by atoms with Crippen LogP contribution >= 0.6 is 0 Å². The van der Waals surface area contributed by atoms with Gasteiger partial charge in [-0.25, -0.2) is 22.2 Å². The van der Waals surface area contributed by atoms with Crippen LogP contribution in [0.5, 0.6) is 0 Å². The number of imidazole rings is 1. The van der Waals surface area contributed by atoms with E-state index < -0.39 is 73.8 Å². The molecule has 0 N–H and O–H groups in total. The Kier molecular flexibility index (Phi) is 6.73. The van der Waals surface area contributed by atoms with Crippen LogP contribution in [0, 0.1) is 5.82 Å². The van der Waals surface area contributed by atoms with Crippen molar-refractivity contribution in [3.05, 3.63) is 65.4 Å². The number of halogens is 8. The van der Waals surface area contributed by atoms with Crippen molar-refractivity contribution in [2.75, 3.05) is 7.05 Å². The summed E-state index contributed by atoms with van der Waals surface area (Å²) in [5, 5.41) is -3.00. The molecular formula is C23H19F8N3O3S. The molecule has 38 heavy (non-hydrogen) atoms. The number of alkyl halides is 7. The Morgan fingerprint density at radius 3 is 2.18 bits per heavy atom. The summed E-state index contributed by atoms with van der Waals surface area (Å²) >= 11 is 0. The van der Waals surface area contributed by atoms with Crippen molar-refractivity contribution >= 4 is 21.4 Å². The predicted molar refractivity (Wildman–Crippen MR) is 117 cm³/mol. The lowest BCUT2D eigenvalue weighted by Crippen LogP contribution is -2.46. The highest BCUT2D eigenvalue weighted by Crippen LogP contribution is 2.43. The van der Waals surface area contributed by atoms with Crippen LogP contribution in [0.4, 0.5) is 35.1 Å². The summed E-state index contributed by atoms with van der Waals surface area (Å²) in [4.78, 5) is 16.9. The number of hydrogen-bond acceptors (Lipinski definition) is 4. The Bertz CT molecular complexity index is 1490. The summed E-state index contributed by atoms with van der Waals surface area (Å²) in [5.74, 6) is -2.20. The van der Waals surface area contributed by atoms with Gasteiger partial charge in [0.15, 0.2) is 0 Å². The van der Waals surface area contributed by atoms with Crippen molar-refractivity contribution < 1.29 is 48.3 Å². The van der Waals surface area contributed by atoms with Crippen LogP contribution in [-0.2, 0) is 22.2 Å². The number of benzene rings is 1. The summed E-state index contributed by atoms with van der Waals surface area (Å²) in [6.45, 7) is 0. The van der Waals surface area contributed by atoms with E-state index in [4.69, 9.17) is 0 Å². The normalized spacial score (nSPS) is 21.0. The molecule has 2 aromatic heterocycles. The fourth-order valence-electron chi connectivity index (χ4n) is 4.39. The number of rotatable bonds is 4. The van der Waals surface area contributed by atoms with Gasteiger partial charge in [0, 0.05) is 25.5 Å². The lowest BCUT2D eigenvalue weighted by atomic mass is 9.92. The highest BCUT2D eigenvalue weighted by Gasteiger charge is 2.49. The third-order valence-electron chi connectivity index (χ3n) is 6.56. The second kappa shape index (κ2) is 9.20. The Morgan fingerprint density at radius 2 is 1.61 bits per heavy atom. The maximum atomic E-state index is 15.6. The first-order valence-corrected chi connectivity index (χ1v) is 12.6. The lowest BCUT2D eigenvalue weighted by Gasteiger charge is -2.37. The maximum absolute atomic E-state index is 15.6. The van der Waals surface area contributed by atoms with E-state index in [1.165, 1.54) is 7.05 Å². The van der Waals surface area contributed by atoms with Crippen LogP contribution < -0.4 is 0 Å². The zero-order chi connectivity index (χ0) is 28.3. The average Bonchev–Trinajstić information content (AvgIpc) is 3.25. The number of amides is 1. The van der Waals surface area contributed by atoms with E-state index in [9.17, 15) is 43.9 Å². The van der Waals surface area contributed by atoms with Gasteiger partial charge < -0.3 is 9.30 Å². The minimum Gasteiger partial charge on any atom is -0.337 e. The summed E-state index contributed by atoms with van der Waals surface area (Å²) in [5.41, 5.74) is -2.66. The minimum absolute atomic E-state index is 0.0700. The largest absolute Gasteiger partial charge is 0.417 e. The molecule has 4 rings (SSSR count). The second-order valence-corrected chi connectivity index (χ2v) is 11.2. The lowest BCUT2D eigenvalue weighted by molar-refractivity contribution is -0.138. The van der Waals surface area contributed by atoms with E-state index in [1.807, 2.05) is 0 Å².